The molecule has 0 unspecified atom stereocenters. The maximum Gasteiger partial charge on any atom is 0.234 e. The van der Waals surface area contributed by atoms with Crippen LogP contribution in [0.4, 0.5) is 0 Å². The molecule has 0 spiro atoms. The smallest absolute Gasteiger partial charge is 0.234 e. The summed E-state index contributed by atoms with van der Waals surface area (Å²) in [6, 6.07) is 18.3. The lowest BCUT2D eigenvalue weighted by molar-refractivity contribution is -0.122. The van der Waals surface area contributed by atoms with Crippen molar-refractivity contribution in [3.8, 4) is 11.5 Å². The van der Waals surface area contributed by atoms with Crippen LogP contribution in [-0.2, 0) is 17.8 Å². The van der Waals surface area contributed by atoms with Gasteiger partial charge in [0, 0.05) is 18.0 Å². The highest BCUT2D eigenvalue weighted by atomic mass is 32.1. The zero-order valence-electron chi connectivity index (χ0n) is 17.3. The minimum Gasteiger partial charge on any atom is -0.493 e. The second-order valence-corrected chi connectivity index (χ2v) is 8.29. The summed E-state index contributed by atoms with van der Waals surface area (Å²) < 4.78 is 11.0. The first-order valence-electron chi connectivity index (χ1n) is 10.0. The van der Waals surface area contributed by atoms with Gasteiger partial charge >= 0.3 is 0 Å². The van der Waals surface area contributed by atoms with Gasteiger partial charge in [0.25, 0.3) is 0 Å². The second-order valence-electron chi connectivity index (χ2n) is 7.31. The molecular weight excluding hydrogens is 396 g/mol. The number of benzene rings is 2. The summed E-state index contributed by atoms with van der Waals surface area (Å²) in [6.45, 7) is 1.70. The summed E-state index contributed by atoms with van der Waals surface area (Å²) in [5.74, 6) is 1.49. The number of carbonyl (C=O) groups excluding carboxylic acids is 1. The highest BCUT2D eigenvalue weighted by Crippen LogP contribution is 2.41. The van der Waals surface area contributed by atoms with E-state index in [2.05, 4.69) is 39.9 Å². The Balaban J connectivity index is 1.57. The SMILES string of the molecule is COc1cc2c(cc1OC)[C@@H](c1cccs1)N(CC(=O)NCc1ccccc1)CC2. The molecule has 0 aliphatic carbocycles. The third-order valence-electron chi connectivity index (χ3n) is 5.47. The predicted molar refractivity (Wildman–Crippen MR) is 119 cm³/mol. The van der Waals surface area contributed by atoms with Crippen molar-refractivity contribution in [2.45, 2.75) is 19.0 Å². The van der Waals surface area contributed by atoms with E-state index >= 15 is 0 Å². The third kappa shape index (κ3) is 4.35. The zero-order chi connectivity index (χ0) is 20.9. The Kier molecular flexibility index (Phi) is 6.35. The second kappa shape index (κ2) is 9.32. The molecule has 6 heteroatoms. The van der Waals surface area contributed by atoms with Gasteiger partial charge in [-0.05, 0) is 46.7 Å². The first-order valence-corrected chi connectivity index (χ1v) is 10.9. The molecule has 1 N–H and O–H groups in total. The maximum atomic E-state index is 12.7. The average molecular weight is 423 g/mol. The molecule has 1 atom stereocenters. The molecular formula is C24H26N2O3S. The monoisotopic (exact) mass is 422 g/mol. The summed E-state index contributed by atoms with van der Waals surface area (Å²) in [5.41, 5.74) is 3.52. The highest BCUT2D eigenvalue weighted by molar-refractivity contribution is 7.10. The molecule has 0 fully saturated rings. The molecule has 1 amide bonds. The Bertz CT molecular complexity index is 989. The van der Waals surface area contributed by atoms with Gasteiger partial charge in [-0.1, -0.05) is 36.4 Å². The molecule has 156 valence electrons. The number of carbonyl (C=O) groups is 1. The van der Waals surface area contributed by atoms with Crippen molar-refractivity contribution in [3.63, 3.8) is 0 Å². The van der Waals surface area contributed by atoms with Crippen LogP contribution in [0.25, 0.3) is 0 Å². The van der Waals surface area contributed by atoms with Gasteiger partial charge in [-0.2, -0.15) is 0 Å². The van der Waals surface area contributed by atoms with Crippen LogP contribution in [0.3, 0.4) is 0 Å². The fraction of sp³-hybridized carbons (Fsp3) is 0.292. The van der Waals surface area contributed by atoms with Crippen molar-refractivity contribution in [2.24, 2.45) is 0 Å². The van der Waals surface area contributed by atoms with E-state index in [9.17, 15) is 4.79 Å². The van der Waals surface area contributed by atoms with E-state index in [1.165, 1.54) is 16.0 Å². The predicted octanol–water partition coefficient (Wildman–Crippen LogP) is 4.03. The number of thiophene rings is 1. The van der Waals surface area contributed by atoms with Gasteiger partial charge in [0.2, 0.25) is 5.91 Å². The van der Waals surface area contributed by atoms with Crippen molar-refractivity contribution in [3.05, 3.63) is 81.5 Å². The molecule has 1 aromatic heterocycles. The number of hydrogen-bond acceptors (Lipinski definition) is 5. The van der Waals surface area contributed by atoms with E-state index in [1.54, 1.807) is 25.6 Å². The van der Waals surface area contributed by atoms with E-state index in [1.807, 2.05) is 30.3 Å². The van der Waals surface area contributed by atoms with Crippen LogP contribution < -0.4 is 14.8 Å². The quantitative estimate of drug-likeness (QED) is 0.625. The summed E-state index contributed by atoms with van der Waals surface area (Å²) in [5, 5.41) is 5.14. The Morgan fingerprint density at radius 1 is 1.10 bits per heavy atom. The number of ether oxygens (including phenoxy) is 2. The molecule has 0 saturated heterocycles. The van der Waals surface area contributed by atoms with Gasteiger partial charge in [-0.15, -0.1) is 11.3 Å². The van der Waals surface area contributed by atoms with Crippen LogP contribution >= 0.6 is 11.3 Å². The Hall–Kier alpha value is -2.83. The number of nitrogens with zero attached hydrogens (tertiary/aromatic N) is 1. The lowest BCUT2D eigenvalue weighted by atomic mass is 9.91. The summed E-state index contributed by atoms with van der Waals surface area (Å²) >= 11 is 1.71. The van der Waals surface area contributed by atoms with Gasteiger partial charge in [0.05, 0.1) is 26.8 Å². The average Bonchev–Trinajstić information content (AvgIpc) is 3.31. The van der Waals surface area contributed by atoms with Gasteiger partial charge in [-0.3, -0.25) is 9.69 Å². The number of fused-ring (bicyclic) bond motifs is 1. The molecule has 0 radical (unpaired) electrons. The number of rotatable bonds is 7. The minimum absolute atomic E-state index is 0.0241. The van der Waals surface area contributed by atoms with Crippen LogP contribution in [0.1, 0.15) is 27.6 Å². The molecule has 2 aromatic carbocycles. The zero-order valence-corrected chi connectivity index (χ0v) is 18.1. The third-order valence-corrected chi connectivity index (χ3v) is 6.39. The molecule has 4 rings (SSSR count). The normalized spacial score (nSPS) is 16.0. The van der Waals surface area contributed by atoms with Crippen molar-refractivity contribution < 1.29 is 14.3 Å². The lowest BCUT2D eigenvalue weighted by Gasteiger charge is -2.37. The van der Waals surface area contributed by atoms with E-state index in [4.69, 9.17) is 9.47 Å². The van der Waals surface area contributed by atoms with Crippen LogP contribution in [0.15, 0.2) is 60.0 Å². The number of amides is 1. The summed E-state index contributed by atoms with van der Waals surface area (Å²) in [4.78, 5) is 16.2. The van der Waals surface area contributed by atoms with Crippen LogP contribution in [0.2, 0.25) is 0 Å². The van der Waals surface area contributed by atoms with E-state index in [0.29, 0.717) is 18.8 Å². The number of hydrogen-bond donors (Lipinski definition) is 1. The Morgan fingerprint density at radius 2 is 1.87 bits per heavy atom. The van der Waals surface area contributed by atoms with Crippen LogP contribution in [0, 0.1) is 0 Å². The Labute approximate surface area is 181 Å². The summed E-state index contributed by atoms with van der Waals surface area (Å²) in [6.07, 6.45) is 0.865. The molecule has 0 saturated carbocycles. The van der Waals surface area contributed by atoms with E-state index < -0.39 is 0 Å². The van der Waals surface area contributed by atoms with Crippen molar-refractivity contribution >= 4 is 17.2 Å². The molecule has 1 aliphatic heterocycles. The van der Waals surface area contributed by atoms with E-state index in [-0.39, 0.29) is 11.9 Å². The molecule has 3 aromatic rings. The largest absolute Gasteiger partial charge is 0.493 e. The van der Waals surface area contributed by atoms with Gasteiger partial charge < -0.3 is 14.8 Å². The first kappa shape index (κ1) is 20.4. The molecule has 2 heterocycles. The molecule has 5 nitrogen and oxygen atoms in total. The maximum absolute atomic E-state index is 12.7. The van der Waals surface area contributed by atoms with Crippen molar-refractivity contribution in [2.75, 3.05) is 27.3 Å². The minimum atomic E-state index is 0.0241. The van der Waals surface area contributed by atoms with Crippen molar-refractivity contribution in [1.29, 1.82) is 0 Å². The van der Waals surface area contributed by atoms with E-state index in [0.717, 1.165) is 24.3 Å². The number of nitrogens with one attached hydrogen (secondary N) is 1. The van der Waals surface area contributed by atoms with Gasteiger partial charge in [0.15, 0.2) is 11.5 Å². The van der Waals surface area contributed by atoms with Crippen LogP contribution in [-0.4, -0.2) is 38.1 Å². The lowest BCUT2D eigenvalue weighted by Crippen LogP contribution is -2.42. The van der Waals surface area contributed by atoms with Crippen molar-refractivity contribution in [1.82, 2.24) is 10.2 Å². The fourth-order valence-corrected chi connectivity index (χ4v) is 4.86. The number of methoxy groups -OCH3 is 2. The molecule has 1 aliphatic rings. The molecule has 0 bridgehead atoms. The van der Waals surface area contributed by atoms with Gasteiger partial charge in [0.1, 0.15) is 0 Å². The summed E-state index contributed by atoms with van der Waals surface area (Å²) in [7, 11) is 3.31. The topological polar surface area (TPSA) is 50.8 Å². The highest BCUT2D eigenvalue weighted by Gasteiger charge is 2.32. The fourth-order valence-electron chi connectivity index (χ4n) is 3.98. The van der Waals surface area contributed by atoms with Gasteiger partial charge in [-0.25, -0.2) is 0 Å². The standard InChI is InChI=1S/C24H26N2O3S/c1-28-20-13-18-10-11-26(16-23(27)25-15-17-7-4-3-5-8-17)24(22-9-6-12-30-22)19(18)14-21(20)29-2/h3-9,12-14,24H,10-11,15-16H2,1-2H3,(H,25,27)/t24-/m0/s1. The van der Waals surface area contributed by atoms with Crippen LogP contribution in [0.5, 0.6) is 11.5 Å². The Morgan fingerprint density at radius 3 is 2.57 bits per heavy atom. The first-order chi connectivity index (χ1) is 14.7. The molecule has 30 heavy (non-hydrogen) atoms.